The first-order valence-corrected chi connectivity index (χ1v) is 4.48. The Bertz CT molecular complexity index is 153. The highest BCUT2D eigenvalue weighted by molar-refractivity contribution is 5.85. The monoisotopic (exact) mass is 154 g/mol. The molecule has 0 N–H and O–H groups in total. The van der Waals surface area contributed by atoms with Crippen LogP contribution in [0, 0.1) is 5.92 Å². The third-order valence-electron chi connectivity index (χ3n) is 2.49. The Morgan fingerprint density at radius 2 is 2.09 bits per heavy atom. The second-order valence-electron chi connectivity index (χ2n) is 3.67. The minimum absolute atomic E-state index is 0.279. The van der Waals surface area contributed by atoms with Crippen molar-refractivity contribution in [3.8, 4) is 0 Å². The Kier molecular flexibility index (Phi) is 1.95. The number of ether oxygens (including phenoxy) is 1. The van der Waals surface area contributed by atoms with Crippen LogP contribution in [0.3, 0.4) is 0 Å². The van der Waals surface area contributed by atoms with Gasteiger partial charge in [-0.05, 0) is 12.3 Å². The Labute approximate surface area is 66.9 Å². The zero-order valence-electron chi connectivity index (χ0n) is 6.71. The second-order valence-corrected chi connectivity index (χ2v) is 3.67. The maximum absolute atomic E-state index is 10.5. The lowest BCUT2D eigenvalue weighted by molar-refractivity contribution is -0.134. The lowest BCUT2D eigenvalue weighted by atomic mass is 9.94. The van der Waals surface area contributed by atoms with Crippen LogP contribution in [-0.4, -0.2) is 18.5 Å². The summed E-state index contributed by atoms with van der Waals surface area (Å²) in [6.45, 7) is 0.878. The summed E-state index contributed by atoms with van der Waals surface area (Å²) in [7, 11) is 0. The van der Waals surface area contributed by atoms with E-state index >= 15 is 0 Å². The van der Waals surface area contributed by atoms with Crippen molar-refractivity contribution in [2.45, 2.75) is 38.2 Å². The van der Waals surface area contributed by atoms with E-state index in [4.69, 9.17) is 4.74 Å². The standard InChI is InChI=1S/C9H14O2/c10-8-5-9(6-8)11-4-3-7-1-2-7/h7,9H,1-6H2. The molecule has 0 aliphatic heterocycles. The number of hydrogen-bond acceptors (Lipinski definition) is 2. The molecule has 0 spiro atoms. The highest BCUT2D eigenvalue weighted by Crippen LogP contribution is 2.32. The van der Waals surface area contributed by atoms with E-state index in [1.807, 2.05) is 0 Å². The molecule has 0 atom stereocenters. The molecule has 0 bridgehead atoms. The molecule has 2 fully saturated rings. The van der Waals surface area contributed by atoms with E-state index in [0.29, 0.717) is 18.6 Å². The molecule has 0 aromatic rings. The van der Waals surface area contributed by atoms with Gasteiger partial charge in [0.15, 0.2) is 0 Å². The van der Waals surface area contributed by atoms with Gasteiger partial charge in [-0.3, -0.25) is 4.79 Å². The van der Waals surface area contributed by atoms with Crippen LogP contribution in [0.2, 0.25) is 0 Å². The third-order valence-corrected chi connectivity index (χ3v) is 2.49. The van der Waals surface area contributed by atoms with Crippen LogP contribution in [0.15, 0.2) is 0 Å². The van der Waals surface area contributed by atoms with Crippen LogP contribution in [0.1, 0.15) is 32.1 Å². The number of carbonyl (C=O) groups excluding carboxylic acids is 1. The SMILES string of the molecule is O=C1CC(OCCC2CC2)C1. The van der Waals surface area contributed by atoms with Gasteiger partial charge >= 0.3 is 0 Å². The summed E-state index contributed by atoms with van der Waals surface area (Å²) in [4.78, 5) is 10.5. The average Bonchev–Trinajstić information content (AvgIpc) is 2.67. The zero-order chi connectivity index (χ0) is 7.68. The smallest absolute Gasteiger partial charge is 0.138 e. The molecule has 2 nitrogen and oxygen atoms in total. The highest BCUT2D eigenvalue weighted by atomic mass is 16.5. The van der Waals surface area contributed by atoms with Crippen molar-refractivity contribution < 1.29 is 9.53 Å². The van der Waals surface area contributed by atoms with E-state index in [1.165, 1.54) is 19.3 Å². The van der Waals surface area contributed by atoms with Gasteiger partial charge in [0, 0.05) is 19.4 Å². The maximum Gasteiger partial charge on any atom is 0.138 e. The van der Waals surface area contributed by atoms with E-state index in [0.717, 1.165) is 12.5 Å². The molecule has 2 aliphatic carbocycles. The summed E-state index contributed by atoms with van der Waals surface area (Å²) in [6, 6.07) is 0. The van der Waals surface area contributed by atoms with Crippen molar-refractivity contribution in [2.24, 2.45) is 5.92 Å². The van der Waals surface area contributed by atoms with Crippen LogP contribution in [-0.2, 0) is 9.53 Å². The molecule has 11 heavy (non-hydrogen) atoms. The van der Waals surface area contributed by atoms with Crippen LogP contribution < -0.4 is 0 Å². The third kappa shape index (κ3) is 2.03. The van der Waals surface area contributed by atoms with Crippen molar-refractivity contribution in [3.05, 3.63) is 0 Å². The molecule has 2 rings (SSSR count). The van der Waals surface area contributed by atoms with Crippen molar-refractivity contribution in [1.82, 2.24) is 0 Å². The Morgan fingerprint density at radius 1 is 1.36 bits per heavy atom. The molecule has 0 saturated heterocycles. The van der Waals surface area contributed by atoms with E-state index in [2.05, 4.69) is 0 Å². The van der Waals surface area contributed by atoms with Gasteiger partial charge in [0.2, 0.25) is 0 Å². The van der Waals surface area contributed by atoms with Gasteiger partial charge in [0.25, 0.3) is 0 Å². The first-order valence-electron chi connectivity index (χ1n) is 4.48. The van der Waals surface area contributed by atoms with Gasteiger partial charge in [-0.15, -0.1) is 0 Å². The molecule has 0 unspecified atom stereocenters. The van der Waals surface area contributed by atoms with Crippen molar-refractivity contribution in [1.29, 1.82) is 0 Å². The van der Waals surface area contributed by atoms with Crippen LogP contribution >= 0.6 is 0 Å². The molecular formula is C9H14O2. The number of carbonyl (C=O) groups is 1. The fourth-order valence-corrected chi connectivity index (χ4v) is 1.37. The molecular weight excluding hydrogens is 140 g/mol. The van der Waals surface area contributed by atoms with E-state index in [1.54, 1.807) is 0 Å². The fourth-order valence-electron chi connectivity index (χ4n) is 1.37. The second kappa shape index (κ2) is 2.94. The maximum atomic E-state index is 10.5. The molecule has 2 heteroatoms. The Morgan fingerprint density at radius 3 is 2.64 bits per heavy atom. The first-order chi connectivity index (χ1) is 5.34. The average molecular weight is 154 g/mol. The summed E-state index contributed by atoms with van der Waals surface area (Å²) >= 11 is 0. The van der Waals surface area contributed by atoms with Gasteiger partial charge in [-0.1, -0.05) is 12.8 Å². The quantitative estimate of drug-likeness (QED) is 0.614. The molecule has 0 aromatic carbocycles. The van der Waals surface area contributed by atoms with Gasteiger partial charge < -0.3 is 4.74 Å². The molecule has 2 aliphatic rings. The molecule has 0 heterocycles. The predicted molar refractivity (Wildman–Crippen MR) is 41.3 cm³/mol. The van der Waals surface area contributed by atoms with Crippen LogP contribution in [0.4, 0.5) is 0 Å². The number of ketones is 1. The Hall–Kier alpha value is -0.370. The minimum Gasteiger partial charge on any atom is -0.377 e. The summed E-state index contributed by atoms with van der Waals surface area (Å²) in [6.07, 6.45) is 5.63. The van der Waals surface area contributed by atoms with E-state index < -0.39 is 0 Å². The molecule has 0 radical (unpaired) electrons. The molecule has 0 amide bonds. The Balaban J connectivity index is 1.50. The van der Waals surface area contributed by atoms with Crippen LogP contribution in [0.5, 0.6) is 0 Å². The van der Waals surface area contributed by atoms with Gasteiger partial charge in [-0.2, -0.15) is 0 Å². The van der Waals surface area contributed by atoms with Gasteiger partial charge in [0.1, 0.15) is 5.78 Å². The van der Waals surface area contributed by atoms with E-state index in [-0.39, 0.29) is 6.10 Å². The van der Waals surface area contributed by atoms with Crippen molar-refractivity contribution in [2.75, 3.05) is 6.61 Å². The first kappa shape index (κ1) is 7.29. The highest BCUT2D eigenvalue weighted by Gasteiger charge is 2.28. The normalized spacial score (nSPS) is 25.3. The number of rotatable bonds is 4. The van der Waals surface area contributed by atoms with Crippen molar-refractivity contribution in [3.63, 3.8) is 0 Å². The molecule has 62 valence electrons. The van der Waals surface area contributed by atoms with Crippen LogP contribution in [0.25, 0.3) is 0 Å². The zero-order valence-corrected chi connectivity index (χ0v) is 6.71. The fraction of sp³-hybridized carbons (Fsp3) is 0.889. The molecule has 0 aromatic heterocycles. The topological polar surface area (TPSA) is 26.3 Å². The van der Waals surface area contributed by atoms with Gasteiger partial charge in [-0.25, -0.2) is 0 Å². The lowest BCUT2D eigenvalue weighted by Crippen LogP contribution is -2.31. The largest absolute Gasteiger partial charge is 0.377 e. The van der Waals surface area contributed by atoms with E-state index in [9.17, 15) is 4.79 Å². The van der Waals surface area contributed by atoms with Crippen molar-refractivity contribution >= 4 is 5.78 Å². The summed E-state index contributed by atoms with van der Waals surface area (Å²) in [5.74, 6) is 1.31. The summed E-state index contributed by atoms with van der Waals surface area (Å²) in [5.41, 5.74) is 0. The summed E-state index contributed by atoms with van der Waals surface area (Å²) in [5, 5.41) is 0. The minimum atomic E-state index is 0.279. The predicted octanol–water partition coefficient (Wildman–Crippen LogP) is 1.53. The summed E-state index contributed by atoms with van der Waals surface area (Å²) < 4.78 is 5.48. The molecule has 2 saturated carbocycles. The lowest BCUT2D eigenvalue weighted by Gasteiger charge is -2.24. The number of hydrogen-bond donors (Lipinski definition) is 0. The van der Waals surface area contributed by atoms with Gasteiger partial charge in [0.05, 0.1) is 6.10 Å². The number of Topliss-reactive ketones (excluding diaryl/α,β-unsaturated/α-hetero) is 1.